The van der Waals surface area contributed by atoms with Crippen LogP contribution in [-0.2, 0) is 18.5 Å². The molecule has 0 saturated carbocycles. The Labute approximate surface area is 137 Å². The van der Waals surface area contributed by atoms with Crippen molar-refractivity contribution in [3.05, 3.63) is 36.6 Å². The highest BCUT2D eigenvalue weighted by molar-refractivity contribution is 5.79. The number of aromatic nitrogens is 3. The third kappa shape index (κ3) is 5.43. The van der Waals surface area contributed by atoms with Crippen LogP contribution in [0.25, 0.3) is 0 Å². The zero-order valence-electron chi connectivity index (χ0n) is 14.3. The van der Waals surface area contributed by atoms with E-state index in [1.54, 1.807) is 19.4 Å². The Hall–Kier alpha value is -2.31. The first-order valence-corrected chi connectivity index (χ1v) is 7.84. The van der Waals surface area contributed by atoms with Gasteiger partial charge in [0.2, 0.25) is 5.89 Å². The molecule has 7 heteroatoms. The van der Waals surface area contributed by atoms with E-state index in [0.717, 1.165) is 31.2 Å². The Morgan fingerprint density at radius 3 is 2.78 bits per heavy atom. The highest BCUT2D eigenvalue weighted by atomic mass is 16.4. The van der Waals surface area contributed by atoms with Crippen molar-refractivity contribution in [1.29, 1.82) is 0 Å². The number of aliphatic imine (C=N–C) groups is 1. The van der Waals surface area contributed by atoms with Gasteiger partial charge in [-0.15, -0.1) is 0 Å². The van der Waals surface area contributed by atoms with E-state index in [0.29, 0.717) is 12.4 Å². The van der Waals surface area contributed by atoms with Gasteiger partial charge in [-0.2, -0.15) is 0 Å². The maximum atomic E-state index is 5.75. The largest absolute Gasteiger partial charge is 0.443 e. The highest BCUT2D eigenvalue weighted by Crippen LogP contribution is 2.22. The van der Waals surface area contributed by atoms with Crippen LogP contribution in [0.5, 0.6) is 0 Å². The Bertz CT molecular complexity index is 609. The fourth-order valence-corrected chi connectivity index (χ4v) is 2.01. The predicted molar refractivity (Wildman–Crippen MR) is 90.2 cm³/mol. The molecular formula is C16H26N6O. The molecule has 23 heavy (non-hydrogen) atoms. The normalized spacial score (nSPS) is 12.4. The van der Waals surface area contributed by atoms with Crippen molar-refractivity contribution in [3.63, 3.8) is 0 Å². The second-order valence-corrected chi connectivity index (χ2v) is 6.37. The van der Waals surface area contributed by atoms with E-state index < -0.39 is 0 Å². The van der Waals surface area contributed by atoms with E-state index in [2.05, 4.69) is 50.9 Å². The van der Waals surface area contributed by atoms with Crippen molar-refractivity contribution >= 4 is 5.96 Å². The van der Waals surface area contributed by atoms with Crippen LogP contribution in [0.4, 0.5) is 0 Å². The lowest BCUT2D eigenvalue weighted by atomic mass is 9.94. The summed E-state index contributed by atoms with van der Waals surface area (Å²) < 4.78 is 7.81. The quantitative estimate of drug-likeness (QED) is 0.483. The van der Waals surface area contributed by atoms with Gasteiger partial charge in [0.15, 0.2) is 5.96 Å². The summed E-state index contributed by atoms with van der Waals surface area (Å²) in [5.41, 5.74) is -0.0293. The monoisotopic (exact) mass is 318 g/mol. The third-order valence-corrected chi connectivity index (χ3v) is 3.37. The molecule has 0 radical (unpaired) electrons. The second kappa shape index (κ2) is 7.80. The summed E-state index contributed by atoms with van der Waals surface area (Å²) in [4.78, 5) is 12.5. The summed E-state index contributed by atoms with van der Waals surface area (Å²) in [5, 5.41) is 6.48. The molecule has 0 bridgehead atoms. The molecule has 0 atom stereocenters. The Morgan fingerprint density at radius 2 is 2.17 bits per heavy atom. The molecule has 0 aliphatic rings. The molecular weight excluding hydrogens is 292 g/mol. The van der Waals surface area contributed by atoms with Gasteiger partial charge in [0, 0.05) is 37.9 Å². The Morgan fingerprint density at radius 1 is 1.35 bits per heavy atom. The smallest absolute Gasteiger partial charge is 0.213 e. The number of nitrogens with zero attached hydrogens (tertiary/aromatic N) is 4. The zero-order chi connectivity index (χ0) is 16.7. The molecule has 2 N–H and O–H groups in total. The number of rotatable bonds is 6. The van der Waals surface area contributed by atoms with Crippen LogP contribution in [0, 0.1) is 0 Å². The minimum Gasteiger partial charge on any atom is -0.443 e. The minimum absolute atomic E-state index is 0.0293. The molecule has 2 aromatic rings. The van der Waals surface area contributed by atoms with Crippen LogP contribution < -0.4 is 10.6 Å². The molecule has 0 aromatic carbocycles. The van der Waals surface area contributed by atoms with Crippen LogP contribution in [0.3, 0.4) is 0 Å². The average molecular weight is 318 g/mol. The third-order valence-electron chi connectivity index (χ3n) is 3.37. The molecule has 7 nitrogen and oxygen atoms in total. The lowest BCUT2D eigenvalue weighted by Gasteiger charge is -2.13. The maximum absolute atomic E-state index is 5.75. The predicted octanol–water partition coefficient (Wildman–Crippen LogP) is 1.92. The lowest BCUT2D eigenvalue weighted by Crippen LogP contribution is -2.37. The fraction of sp³-hybridized carbons (Fsp3) is 0.562. The molecule has 2 aromatic heterocycles. The summed E-state index contributed by atoms with van der Waals surface area (Å²) in [6.07, 6.45) is 8.35. The number of guanidine groups is 1. The van der Waals surface area contributed by atoms with Crippen molar-refractivity contribution in [2.24, 2.45) is 4.99 Å². The van der Waals surface area contributed by atoms with E-state index in [-0.39, 0.29) is 5.41 Å². The molecule has 0 spiro atoms. The van der Waals surface area contributed by atoms with Gasteiger partial charge in [0.05, 0.1) is 19.1 Å². The molecule has 0 unspecified atom stereocenters. The summed E-state index contributed by atoms with van der Waals surface area (Å²) >= 11 is 0. The van der Waals surface area contributed by atoms with E-state index in [1.807, 2.05) is 12.5 Å². The van der Waals surface area contributed by atoms with Crippen molar-refractivity contribution in [2.75, 3.05) is 13.6 Å². The molecule has 0 amide bonds. The molecule has 0 fully saturated rings. The second-order valence-electron chi connectivity index (χ2n) is 6.37. The minimum atomic E-state index is -0.0293. The van der Waals surface area contributed by atoms with Gasteiger partial charge in [-0.3, -0.25) is 4.99 Å². The summed E-state index contributed by atoms with van der Waals surface area (Å²) in [5.74, 6) is 2.29. The standard InChI is InChI=1S/C16H26N6O/c1-16(2,3)13-10-20-14(23-13)11-21-15(17-4)19-6-5-8-22-9-7-18-12-22/h7,9-10,12H,5-6,8,11H2,1-4H3,(H2,17,19,21). The average Bonchev–Trinajstić information content (AvgIpc) is 3.17. The van der Waals surface area contributed by atoms with E-state index in [4.69, 9.17) is 4.42 Å². The van der Waals surface area contributed by atoms with E-state index >= 15 is 0 Å². The Balaban J connectivity index is 1.71. The Kier molecular flexibility index (Phi) is 5.78. The number of hydrogen-bond donors (Lipinski definition) is 2. The fourth-order valence-electron chi connectivity index (χ4n) is 2.01. The number of imidazole rings is 1. The molecule has 2 heterocycles. The van der Waals surface area contributed by atoms with Gasteiger partial charge in [0.1, 0.15) is 5.76 Å². The van der Waals surface area contributed by atoms with Gasteiger partial charge in [0.25, 0.3) is 0 Å². The summed E-state index contributed by atoms with van der Waals surface area (Å²) in [6.45, 7) is 8.58. The van der Waals surface area contributed by atoms with Gasteiger partial charge < -0.3 is 19.6 Å². The SMILES string of the molecule is CN=C(NCCCn1ccnc1)NCc1ncc(C(C)(C)C)o1. The van der Waals surface area contributed by atoms with Gasteiger partial charge in [-0.25, -0.2) is 9.97 Å². The number of aryl methyl sites for hydroxylation is 1. The van der Waals surface area contributed by atoms with Crippen molar-refractivity contribution < 1.29 is 4.42 Å². The van der Waals surface area contributed by atoms with Crippen LogP contribution in [-0.4, -0.2) is 34.1 Å². The van der Waals surface area contributed by atoms with Crippen molar-refractivity contribution in [1.82, 2.24) is 25.2 Å². The first-order chi connectivity index (χ1) is 11.0. The number of hydrogen-bond acceptors (Lipinski definition) is 4. The molecule has 0 saturated heterocycles. The van der Waals surface area contributed by atoms with Crippen LogP contribution in [0.15, 0.2) is 34.3 Å². The maximum Gasteiger partial charge on any atom is 0.213 e. The molecule has 126 valence electrons. The van der Waals surface area contributed by atoms with Crippen LogP contribution in [0.1, 0.15) is 38.8 Å². The zero-order valence-corrected chi connectivity index (χ0v) is 14.3. The van der Waals surface area contributed by atoms with Crippen molar-refractivity contribution in [3.8, 4) is 0 Å². The van der Waals surface area contributed by atoms with E-state index in [1.165, 1.54) is 0 Å². The molecule has 0 aliphatic carbocycles. The van der Waals surface area contributed by atoms with Gasteiger partial charge in [-0.1, -0.05) is 20.8 Å². The van der Waals surface area contributed by atoms with Gasteiger partial charge >= 0.3 is 0 Å². The van der Waals surface area contributed by atoms with E-state index in [9.17, 15) is 0 Å². The first-order valence-electron chi connectivity index (χ1n) is 7.84. The first kappa shape index (κ1) is 17.1. The molecule has 2 rings (SSSR count). The topological polar surface area (TPSA) is 80.3 Å². The lowest BCUT2D eigenvalue weighted by molar-refractivity contribution is 0.379. The van der Waals surface area contributed by atoms with Crippen LogP contribution >= 0.6 is 0 Å². The summed E-state index contributed by atoms with van der Waals surface area (Å²) in [6, 6.07) is 0. The van der Waals surface area contributed by atoms with Crippen LogP contribution in [0.2, 0.25) is 0 Å². The van der Waals surface area contributed by atoms with Gasteiger partial charge in [-0.05, 0) is 6.42 Å². The number of nitrogens with one attached hydrogen (secondary N) is 2. The highest BCUT2D eigenvalue weighted by Gasteiger charge is 2.19. The van der Waals surface area contributed by atoms with Crippen molar-refractivity contribution in [2.45, 2.75) is 45.7 Å². The number of oxazole rings is 1. The summed E-state index contributed by atoms with van der Waals surface area (Å²) in [7, 11) is 1.75. The molecule has 0 aliphatic heterocycles.